The van der Waals surface area contributed by atoms with E-state index < -0.39 is 11.8 Å². The van der Waals surface area contributed by atoms with E-state index in [4.69, 9.17) is 5.21 Å². The van der Waals surface area contributed by atoms with E-state index in [2.05, 4.69) is 6.58 Å². The molecule has 1 aliphatic heterocycles. The lowest BCUT2D eigenvalue weighted by Gasteiger charge is -2.00. The maximum atomic E-state index is 11.3. The normalized spacial score (nSPS) is 17.8. The minimum atomic E-state index is -0.470. The van der Waals surface area contributed by atoms with E-state index in [0.29, 0.717) is 0 Å². The number of imide groups is 1. The van der Waals surface area contributed by atoms with E-state index in [1.54, 1.807) is 28.0 Å². The van der Waals surface area contributed by atoms with Gasteiger partial charge in [-0.1, -0.05) is 12.7 Å². The average molecular weight is 293 g/mol. The molecule has 0 aliphatic carbocycles. The minimum Gasteiger partial charge on any atom is -0.293 e. The molecule has 0 saturated carbocycles. The largest absolute Gasteiger partial charge is 0.293 e. The quantitative estimate of drug-likeness (QED) is 0.166. The van der Waals surface area contributed by atoms with Crippen molar-refractivity contribution in [2.45, 2.75) is 0 Å². The van der Waals surface area contributed by atoms with Crippen LogP contribution in [-0.2, 0) is 9.59 Å². The molecule has 0 aromatic rings. The Morgan fingerprint density at radius 2 is 1.92 bits per heavy atom. The summed E-state index contributed by atoms with van der Waals surface area (Å²) < 4.78 is 0.929. The summed E-state index contributed by atoms with van der Waals surface area (Å²) in [7, 11) is 0. The highest BCUT2D eigenvalue weighted by molar-refractivity contribution is 14.1. The Balaban J connectivity index is 3.24. The summed E-state index contributed by atoms with van der Waals surface area (Å²) in [6.45, 7) is 3.40. The Morgan fingerprint density at radius 3 is 2.38 bits per heavy atom. The highest BCUT2D eigenvalue weighted by Crippen LogP contribution is 2.22. The SMILES string of the molecule is C=CC1=C(/C=[NH+]/O)C(=O)N(I)C1=O. The zero-order valence-electron chi connectivity index (χ0n) is 6.45. The van der Waals surface area contributed by atoms with Crippen molar-refractivity contribution in [1.29, 1.82) is 0 Å². The zero-order valence-corrected chi connectivity index (χ0v) is 8.61. The number of nitrogens with zero attached hydrogens (tertiary/aromatic N) is 1. The summed E-state index contributed by atoms with van der Waals surface area (Å²) in [5.74, 6) is -0.899. The molecular formula is C7H6IN2O3+. The van der Waals surface area contributed by atoms with Crippen molar-refractivity contribution in [2.24, 2.45) is 0 Å². The Kier molecular flexibility index (Phi) is 2.81. The predicted molar refractivity (Wildman–Crippen MR) is 51.9 cm³/mol. The van der Waals surface area contributed by atoms with Crippen LogP contribution in [0.3, 0.4) is 0 Å². The molecule has 0 spiro atoms. The molecule has 0 unspecified atom stereocenters. The van der Waals surface area contributed by atoms with E-state index in [9.17, 15) is 9.59 Å². The fourth-order valence-corrected chi connectivity index (χ4v) is 1.46. The van der Waals surface area contributed by atoms with Crippen LogP contribution in [0.5, 0.6) is 0 Å². The number of halogens is 1. The van der Waals surface area contributed by atoms with E-state index in [1.807, 2.05) is 0 Å². The maximum Gasteiger partial charge on any atom is 0.276 e. The van der Waals surface area contributed by atoms with Gasteiger partial charge in [0.05, 0.1) is 28.4 Å². The molecule has 2 amide bonds. The van der Waals surface area contributed by atoms with Crippen molar-refractivity contribution in [1.82, 2.24) is 3.11 Å². The van der Waals surface area contributed by atoms with Crippen LogP contribution in [0.25, 0.3) is 0 Å². The van der Waals surface area contributed by atoms with Crippen LogP contribution in [-0.4, -0.2) is 26.3 Å². The van der Waals surface area contributed by atoms with Gasteiger partial charge in [-0.2, -0.15) is 0 Å². The summed E-state index contributed by atoms with van der Waals surface area (Å²) in [4.78, 5) is 22.6. The van der Waals surface area contributed by atoms with Crippen molar-refractivity contribution in [3.05, 3.63) is 23.8 Å². The van der Waals surface area contributed by atoms with E-state index in [0.717, 1.165) is 9.33 Å². The third kappa shape index (κ3) is 1.48. The number of hydrogen-bond donors (Lipinski definition) is 2. The van der Waals surface area contributed by atoms with Crippen LogP contribution in [0.15, 0.2) is 23.8 Å². The van der Waals surface area contributed by atoms with Gasteiger partial charge in [0.15, 0.2) is 0 Å². The van der Waals surface area contributed by atoms with Crippen LogP contribution < -0.4 is 5.16 Å². The lowest BCUT2D eigenvalue weighted by atomic mass is 10.1. The van der Waals surface area contributed by atoms with E-state index >= 15 is 0 Å². The standard InChI is InChI=1S/C7H5IN2O3/c1-2-4-5(3-9-13)7(12)10(8)6(4)11/h2-3,13H,1H2/p+1/b9-3+. The minimum absolute atomic E-state index is 0.108. The molecule has 1 aliphatic rings. The molecule has 1 heterocycles. The van der Waals surface area contributed by atoms with Crippen molar-refractivity contribution in [2.75, 3.05) is 0 Å². The predicted octanol–water partition coefficient (Wildman–Crippen LogP) is -1.27. The summed E-state index contributed by atoms with van der Waals surface area (Å²) >= 11 is 1.59. The number of carbonyl (C=O) groups is 2. The van der Waals surface area contributed by atoms with Crippen LogP contribution in [0.1, 0.15) is 0 Å². The van der Waals surface area contributed by atoms with Crippen molar-refractivity contribution in [3.8, 4) is 0 Å². The highest BCUT2D eigenvalue weighted by atomic mass is 127. The van der Waals surface area contributed by atoms with Gasteiger partial charge < -0.3 is 0 Å². The van der Waals surface area contributed by atoms with Gasteiger partial charge in [-0.05, 0) is 5.16 Å². The highest BCUT2D eigenvalue weighted by Gasteiger charge is 2.36. The van der Waals surface area contributed by atoms with Crippen molar-refractivity contribution >= 4 is 40.9 Å². The Morgan fingerprint density at radius 1 is 1.38 bits per heavy atom. The topological polar surface area (TPSA) is 71.6 Å². The molecule has 0 bridgehead atoms. The van der Waals surface area contributed by atoms with Gasteiger partial charge in [0, 0.05) is 0 Å². The molecule has 0 saturated heterocycles. The summed E-state index contributed by atoms with van der Waals surface area (Å²) in [5, 5.41) is 10.1. The maximum absolute atomic E-state index is 11.3. The first kappa shape index (κ1) is 9.90. The summed E-state index contributed by atoms with van der Waals surface area (Å²) in [6.07, 6.45) is 2.33. The Labute approximate surface area is 87.9 Å². The number of nitrogens with one attached hydrogen (secondary N) is 1. The Bertz CT molecular complexity index is 346. The Hall–Kier alpha value is -1.18. The van der Waals surface area contributed by atoms with Crippen LogP contribution in [0.2, 0.25) is 0 Å². The van der Waals surface area contributed by atoms with Gasteiger partial charge in [0.1, 0.15) is 5.57 Å². The third-order valence-corrected chi connectivity index (χ3v) is 2.40. The van der Waals surface area contributed by atoms with Gasteiger partial charge in [-0.25, -0.2) is 3.11 Å². The van der Waals surface area contributed by atoms with Crippen LogP contribution in [0.4, 0.5) is 0 Å². The fraction of sp³-hybridized carbons (Fsp3) is 0. The number of rotatable bonds is 2. The number of amides is 2. The van der Waals surface area contributed by atoms with Crippen LogP contribution in [0, 0.1) is 0 Å². The molecule has 0 radical (unpaired) electrons. The van der Waals surface area contributed by atoms with E-state index in [-0.39, 0.29) is 11.1 Å². The molecule has 1 rings (SSSR count). The molecule has 0 atom stereocenters. The summed E-state index contributed by atoms with van der Waals surface area (Å²) in [6, 6.07) is 0. The first-order chi connectivity index (χ1) is 6.13. The third-order valence-electron chi connectivity index (χ3n) is 1.52. The van der Waals surface area contributed by atoms with Gasteiger partial charge >= 0.3 is 0 Å². The molecule has 6 heteroatoms. The zero-order chi connectivity index (χ0) is 10.0. The van der Waals surface area contributed by atoms with Crippen LogP contribution >= 0.6 is 22.9 Å². The average Bonchev–Trinajstić information content (AvgIpc) is 2.32. The second kappa shape index (κ2) is 3.69. The van der Waals surface area contributed by atoms with Gasteiger partial charge in [-0.3, -0.25) is 14.8 Å². The number of hydrogen-bond acceptors (Lipinski definition) is 3. The first-order valence-corrected chi connectivity index (χ1v) is 4.24. The van der Waals surface area contributed by atoms with Gasteiger partial charge in [0.2, 0.25) is 6.21 Å². The number of carbonyl (C=O) groups excluding carboxylic acids is 2. The molecular weight excluding hydrogens is 287 g/mol. The second-order valence-corrected chi connectivity index (χ2v) is 3.16. The summed E-state index contributed by atoms with van der Waals surface area (Å²) in [5.41, 5.74) is 0.290. The van der Waals surface area contributed by atoms with Gasteiger partial charge in [0.25, 0.3) is 11.8 Å². The molecule has 68 valence electrons. The smallest absolute Gasteiger partial charge is 0.276 e. The molecule has 13 heavy (non-hydrogen) atoms. The van der Waals surface area contributed by atoms with E-state index in [1.165, 1.54) is 6.08 Å². The molecule has 0 aromatic carbocycles. The second-order valence-electron chi connectivity index (χ2n) is 2.20. The lowest BCUT2D eigenvalue weighted by Crippen LogP contribution is -2.64. The first-order valence-electron chi connectivity index (χ1n) is 3.27. The molecule has 0 aromatic heterocycles. The van der Waals surface area contributed by atoms with Crippen molar-refractivity contribution in [3.63, 3.8) is 0 Å². The molecule has 5 nitrogen and oxygen atoms in total. The lowest BCUT2D eigenvalue weighted by molar-refractivity contribution is -0.733. The molecule has 2 N–H and O–H groups in total. The van der Waals surface area contributed by atoms with Crippen molar-refractivity contribution < 1.29 is 20.0 Å². The fourth-order valence-electron chi connectivity index (χ4n) is 0.935. The molecule has 0 fully saturated rings. The monoisotopic (exact) mass is 293 g/mol. The van der Waals surface area contributed by atoms with Gasteiger partial charge in [-0.15, -0.1) is 0 Å².